The highest BCUT2D eigenvalue weighted by Crippen LogP contribution is 2.20. The summed E-state index contributed by atoms with van der Waals surface area (Å²) in [6.07, 6.45) is 8.81. The first-order valence-corrected chi connectivity index (χ1v) is 7.51. The van der Waals surface area contributed by atoms with Gasteiger partial charge in [-0.05, 0) is 36.6 Å². The lowest BCUT2D eigenvalue weighted by molar-refractivity contribution is -0.125. The lowest BCUT2D eigenvalue weighted by Gasteiger charge is -2.31. The van der Waals surface area contributed by atoms with Gasteiger partial charge in [-0.3, -0.25) is 9.78 Å². The molecule has 1 atom stereocenters. The fraction of sp³-hybridized carbons (Fsp3) is 0.375. The zero-order valence-electron chi connectivity index (χ0n) is 12.4. The third-order valence-corrected chi connectivity index (χ3v) is 3.84. The molecule has 0 unspecified atom stereocenters. The van der Waals surface area contributed by atoms with Crippen molar-refractivity contribution >= 4 is 11.9 Å². The van der Waals surface area contributed by atoms with E-state index in [0.29, 0.717) is 19.0 Å². The van der Waals surface area contributed by atoms with Crippen LogP contribution in [0.5, 0.6) is 0 Å². The maximum atomic E-state index is 12.4. The number of nitrogens with one attached hydrogen (secondary N) is 1. The maximum Gasteiger partial charge on any atom is 0.225 e. The molecule has 0 radical (unpaired) electrons. The van der Waals surface area contributed by atoms with Crippen LogP contribution in [-0.2, 0) is 11.3 Å². The highest BCUT2D eigenvalue weighted by molar-refractivity contribution is 5.79. The Bertz CT molecular complexity index is 604. The third kappa shape index (κ3) is 3.58. The van der Waals surface area contributed by atoms with Crippen molar-refractivity contribution in [3.05, 3.63) is 48.5 Å². The normalized spacial score (nSPS) is 18.0. The van der Waals surface area contributed by atoms with Crippen LogP contribution < -0.4 is 10.2 Å². The Labute approximate surface area is 129 Å². The molecule has 1 saturated heterocycles. The van der Waals surface area contributed by atoms with Crippen LogP contribution in [0.3, 0.4) is 0 Å². The van der Waals surface area contributed by atoms with Crippen LogP contribution in [0.25, 0.3) is 0 Å². The van der Waals surface area contributed by atoms with Gasteiger partial charge in [-0.2, -0.15) is 0 Å². The molecule has 0 bridgehead atoms. The van der Waals surface area contributed by atoms with Crippen LogP contribution in [0.2, 0.25) is 0 Å². The lowest BCUT2D eigenvalue weighted by atomic mass is 9.97. The lowest BCUT2D eigenvalue weighted by Crippen LogP contribution is -2.43. The topological polar surface area (TPSA) is 71.0 Å². The number of hydrogen-bond acceptors (Lipinski definition) is 5. The number of carbonyl (C=O) groups is 1. The van der Waals surface area contributed by atoms with Crippen molar-refractivity contribution in [2.45, 2.75) is 19.4 Å². The van der Waals surface area contributed by atoms with Gasteiger partial charge in [-0.25, -0.2) is 9.97 Å². The quantitative estimate of drug-likeness (QED) is 0.924. The van der Waals surface area contributed by atoms with Crippen molar-refractivity contribution in [1.29, 1.82) is 0 Å². The van der Waals surface area contributed by atoms with Crippen molar-refractivity contribution in [1.82, 2.24) is 20.3 Å². The standard InChI is InChI=1S/C16H19N5O/c22-15(20-11-13-4-8-17-9-5-13)14-3-1-10-21(12-14)16-18-6-2-7-19-16/h2,4-9,14H,1,3,10-12H2,(H,20,22)/t14-/m0/s1. The van der Waals surface area contributed by atoms with E-state index in [0.717, 1.165) is 24.9 Å². The van der Waals surface area contributed by atoms with E-state index in [1.165, 1.54) is 0 Å². The van der Waals surface area contributed by atoms with Gasteiger partial charge in [-0.1, -0.05) is 0 Å². The Balaban J connectivity index is 1.56. The number of nitrogens with zero attached hydrogens (tertiary/aromatic N) is 4. The molecule has 1 N–H and O–H groups in total. The largest absolute Gasteiger partial charge is 0.352 e. The van der Waals surface area contributed by atoms with Crippen molar-refractivity contribution in [3.63, 3.8) is 0 Å². The molecule has 0 aromatic carbocycles. The number of aromatic nitrogens is 3. The van der Waals surface area contributed by atoms with Crippen molar-refractivity contribution in [2.24, 2.45) is 5.92 Å². The van der Waals surface area contributed by atoms with Gasteiger partial charge in [0.2, 0.25) is 11.9 Å². The summed E-state index contributed by atoms with van der Waals surface area (Å²) < 4.78 is 0. The number of piperidine rings is 1. The summed E-state index contributed by atoms with van der Waals surface area (Å²) in [5.74, 6) is 0.783. The fourth-order valence-corrected chi connectivity index (χ4v) is 2.66. The van der Waals surface area contributed by atoms with E-state index in [9.17, 15) is 4.79 Å². The SMILES string of the molecule is O=C(NCc1ccncc1)[C@H]1CCCN(c2ncccn2)C1. The van der Waals surface area contributed by atoms with E-state index in [1.54, 1.807) is 30.9 Å². The highest BCUT2D eigenvalue weighted by atomic mass is 16.1. The van der Waals surface area contributed by atoms with Gasteiger partial charge < -0.3 is 10.2 Å². The molecule has 0 spiro atoms. The Morgan fingerprint density at radius 1 is 1.23 bits per heavy atom. The number of anilines is 1. The molecule has 6 heteroatoms. The van der Waals surface area contributed by atoms with Crippen LogP contribution in [0.15, 0.2) is 43.0 Å². The highest BCUT2D eigenvalue weighted by Gasteiger charge is 2.26. The Hall–Kier alpha value is -2.50. The molecule has 0 saturated carbocycles. The Morgan fingerprint density at radius 3 is 2.77 bits per heavy atom. The second kappa shape index (κ2) is 6.98. The summed E-state index contributed by atoms with van der Waals surface area (Å²) in [6.45, 7) is 2.12. The summed E-state index contributed by atoms with van der Waals surface area (Å²) in [7, 11) is 0. The fourth-order valence-electron chi connectivity index (χ4n) is 2.66. The van der Waals surface area contributed by atoms with Crippen LogP contribution in [0.1, 0.15) is 18.4 Å². The summed E-state index contributed by atoms with van der Waals surface area (Å²) in [5, 5.41) is 3.01. The summed E-state index contributed by atoms with van der Waals surface area (Å²) in [4.78, 5) is 26.9. The van der Waals surface area contributed by atoms with E-state index in [4.69, 9.17) is 0 Å². The van der Waals surface area contributed by atoms with Crippen molar-refractivity contribution in [3.8, 4) is 0 Å². The predicted octanol–water partition coefficient (Wildman–Crippen LogP) is 1.40. The number of carbonyl (C=O) groups excluding carboxylic acids is 1. The number of rotatable bonds is 4. The third-order valence-electron chi connectivity index (χ3n) is 3.84. The first-order chi connectivity index (χ1) is 10.8. The van der Waals surface area contributed by atoms with E-state index in [-0.39, 0.29) is 11.8 Å². The second-order valence-electron chi connectivity index (χ2n) is 5.41. The molecule has 1 aliphatic rings. The first-order valence-electron chi connectivity index (χ1n) is 7.51. The minimum Gasteiger partial charge on any atom is -0.352 e. The van der Waals surface area contributed by atoms with E-state index < -0.39 is 0 Å². The van der Waals surface area contributed by atoms with Gasteiger partial charge in [0.15, 0.2) is 0 Å². The van der Waals surface area contributed by atoms with Gasteiger partial charge in [0.25, 0.3) is 0 Å². The summed E-state index contributed by atoms with van der Waals surface area (Å²) >= 11 is 0. The van der Waals surface area contributed by atoms with Gasteiger partial charge in [0.05, 0.1) is 5.92 Å². The van der Waals surface area contributed by atoms with Gasteiger partial charge in [0.1, 0.15) is 0 Å². The summed E-state index contributed by atoms with van der Waals surface area (Å²) in [5.41, 5.74) is 1.06. The van der Waals surface area contributed by atoms with Gasteiger partial charge in [0, 0.05) is 44.4 Å². The van der Waals surface area contributed by atoms with E-state index in [1.807, 2.05) is 12.1 Å². The number of pyridine rings is 1. The minimum atomic E-state index is -0.0145. The second-order valence-corrected chi connectivity index (χ2v) is 5.41. The van der Waals surface area contributed by atoms with E-state index >= 15 is 0 Å². The van der Waals surface area contributed by atoms with Crippen LogP contribution in [0.4, 0.5) is 5.95 Å². The number of hydrogen-bond donors (Lipinski definition) is 1. The predicted molar refractivity (Wildman–Crippen MR) is 83.1 cm³/mol. The molecule has 1 aliphatic heterocycles. The molecule has 2 aromatic rings. The molecule has 1 fully saturated rings. The summed E-state index contributed by atoms with van der Waals surface area (Å²) in [6, 6.07) is 5.61. The molecular weight excluding hydrogens is 278 g/mol. The average molecular weight is 297 g/mol. The van der Waals surface area contributed by atoms with Crippen molar-refractivity contribution in [2.75, 3.05) is 18.0 Å². The van der Waals surface area contributed by atoms with E-state index in [2.05, 4.69) is 25.2 Å². The molecule has 1 amide bonds. The zero-order valence-corrected chi connectivity index (χ0v) is 12.4. The molecule has 114 valence electrons. The Kier molecular flexibility index (Phi) is 4.58. The molecule has 3 rings (SSSR count). The smallest absolute Gasteiger partial charge is 0.225 e. The average Bonchev–Trinajstić information content (AvgIpc) is 2.61. The van der Waals surface area contributed by atoms with Gasteiger partial charge in [-0.15, -0.1) is 0 Å². The van der Waals surface area contributed by atoms with Crippen LogP contribution in [-0.4, -0.2) is 33.9 Å². The molecule has 0 aliphatic carbocycles. The molecular formula is C16H19N5O. The Morgan fingerprint density at radius 2 is 2.00 bits per heavy atom. The van der Waals surface area contributed by atoms with Crippen LogP contribution in [0, 0.1) is 5.92 Å². The first kappa shape index (κ1) is 14.4. The minimum absolute atomic E-state index is 0.0145. The number of amides is 1. The van der Waals surface area contributed by atoms with Gasteiger partial charge >= 0.3 is 0 Å². The zero-order chi connectivity index (χ0) is 15.2. The van der Waals surface area contributed by atoms with Crippen molar-refractivity contribution < 1.29 is 4.79 Å². The molecule has 2 aromatic heterocycles. The molecule has 3 heterocycles. The maximum absolute atomic E-state index is 12.4. The van der Waals surface area contributed by atoms with Crippen LogP contribution >= 0.6 is 0 Å². The monoisotopic (exact) mass is 297 g/mol. The molecule has 6 nitrogen and oxygen atoms in total. The molecule has 22 heavy (non-hydrogen) atoms.